The minimum Gasteiger partial charge on any atom is -0.444 e. The number of rotatable bonds is 5. The van der Waals surface area contributed by atoms with Gasteiger partial charge in [0.2, 0.25) is 0 Å². The van der Waals surface area contributed by atoms with E-state index in [0.29, 0.717) is 23.2 Å². The molecule has 1 amide bonds. The molecule has 0 spiro atoms. The number of carbonyl (C=O) groups is 1. The SMILES string of the molecule is Cc1nc(N[C@H](C)c2cc(N)cc(C(F)(F)F)c2)c2cc3c(cc2n1)CCN3C1CCC(NC(=O)OC(C)(C)C)CC1. The summed E-state index contributed by atoms with van der Waals surface area (Å²) in [6.07, 6.45) is -0.319. The summed E-state index contributed by atoms with van der Waals surface area (Å²) in [4.78, 5) is 24.0. The van der Waals surface area contributed by atoms with Crippen molar-refractivity contribution in [3.63, 3.8) is 0 Å². The molecule has 1 fully saturated rings. The third kappa shape index (κ3) is 6.65. The van der Waals surface area contributed by atoms with Crippen LogP contribution in [0.1, 0.15) is 81.9 Å². The van der Waals surface area contributed by atoms with E-state index < -0.39 is 23.4 Å². The van der Waals surface area contributed by atoms with Gasteiger partial charge in [-0.1, -0.05) is 0 Å². The molecule has 4 N–H and O–H groups in total. The molecule has 1 saturated carbocycles. The molecule has 42 heavy (non-hydrogen) atoms. The Bertz CT molecular complexity index is 1480. The number of fused-ring (bicyclic) bond motifs is 2. The van der Waals surface area contributed by atoms with Crippen molar-refractivity contribution in [2.24, 2.45) is 0 Å². The number of nitrogens with zero attached hydrogens (tertiary/aromatic N) is 3. The maximum absolute atomic E-state index is 13.4. The molecule has 0 bridgehead atoms. The number of alkyl halides is 3. The number of aryl methyl sites for hydroxylation is 1. The van der Waals surface area contributed by atoms with Crippen molar-refractivity contribution in [1.82, 2.24) is 15.3 Å². The number of amides is 1. The van der Waals surface area contributed by atoms with E-state index >= 15 is 0 Å². The van der Waals surface area contributed by atoms with Gasteiger partial charge in [-0.3, -0.25) is 0 Å². The minimum absolute atomic E-state index is 0.0571. The van der Waals surface area contributed by atoms with Crippen LogP contribution in [0.25, 0.3) is 10.9 Å². The molecular weight excluding hydrogens is 545 g/mol. The molecule has 3 aromatic rings. The molecule has 5 rings (SSSR count). The summed E-state index contributed by atoms with van der Waals surface area (Å²) >= 11 is 0. The highest BCUT2D eigenvalue weighted by atomic mass is 19.4. The molecule has 2 aliphatic rings. The summed E-state index contributed by atoms with van der Waals surface area (Å²) in [5.41, 5.74) is 8.15. The Morgan fingerprint density at radius 2 is 1.79 bits per heavy atom. The van der Waals surface area contributed by atoms with Crippen molar-refractivity contribution in [2.75, 3.05) is 22.5 Å². The van der Waals surface area contributed by atoms with Crippen LogP contribution >= 0.6 is 0 Å². The van der Waals surface area contributed by atoms with Gasteiger partial charge in [-0.15, -0.1) is 0 Å². The summed E-state index contributed by atoms with van der Waals surface area (Å²) in [5, 5.41) is 7.16. The molecule has 8 nitrogen and oxygen atoms in total. The van der Waals surface area contributed by atoms with E-state index in [-0.39, 0.29) is 17.8 Å². The van der Waals surface area contributed by atoms with Crippen LogP contribution in [0, 0.1) is 6.92 Å². The Labute approximate surface area is 244 Å². The van der Waals surface area contributed by atoms with Gasteiger partial charge in [0.25, 0.3) is 0 Å². The molecule has 0 radical (unpaired) electrons. The molecule has 2 aromatic carbocycles. The van der Waals surface area contributed by atoms with Crippen molar-refractivity contribution in [3.8, 4) is 0 Å². The van der Waals surface area contributed by atoms with E-state index in [1.165, 1.54) is 5.56 Å². The third-order valence-electron chi connectivity index (χ3n) is 7.96. The minimum atomic E-state index is -4.49. The predicted octanol–water partition coefficient (Wildman–Crippen LogP) is 6.91. The van der Waals surface area contributed by atoms with E-state index in [4.69, 9.17) is 10.5 Å². The van der Waals surface area contributed by atoms with Gasteiger partial charge in [0, 0.05) is 35.4 Å². The predicted molar refractivity (Wildman–Crippen MR) is 159 cm³/mol. The first-order valence-electron chi connectivity index (χ1n) is 14.5. The number of anilines is 3. The van der Waals surface area contributed by atoms with Gasteiger partial charge in [0.05, 0.1) is 17.1 Å². The number of ether oxygens (including phenoxy) is 1. The standard InChI is InChI=1S/C31H39F3N6O2/c1-17(20-12-21(31(32,33)34)15-22(35)13-20)36-28-25-16-27-19(14-26(25)37-18(2)38-28)10-11-40(27)24-8-6-23(7-9-24)39-29(41)42-30(3,4)5/h12-17,23-24H,6-11,35H2,1-5H3,(H,39,41)(H,36,37,38)/t17-,23?,24?/m1/s1. The molecule has 2 heterocycles. The summed E-state index contributed by atoms with van der Waals surface area (Å²) in [6.45, 7) is 10.1. The summed E-state index contributed by atoms with van der Waals surface area (Å²) in [5.74, 6) is 1.15. The van der Waals surface area contributed by atoms with Crippen LogP contribution < -0.4 is 21.3 Å². The quantitative estimate of drug-likeness (QED) is 0.280. The van der Waals surface area contributed by atoms with Crippen LogP contribution in [0.2, 0.25) is 0 Å². The molecule has 1 aromatic heterocycles. The number of alkyl carbamates (subject to hydrolysis) is 1. The topological polar surface area (TPSA) is 105 Å². The molecule has 226 valence electrons. The first-order valence-corrected chi connectivity index (χ1v) is 14.5. The highest BCUT2D eigenvalue weighted by Gasteiger charge is 2.33. The number of carbonyl (C=O) groups excluding carboxylic acids is 1. The second kappa shape index (κ2) is 11.1. The summed E-state index contributed by atoms with van der Waals surface area (Å²) < 4.78 is 45.7. The van der Waals surface area contributed by atoms with Crippen molar-refractivity contribution in [3.05, 3.63) is 52.8 Å². The van der Waals surface area contributed by atoms with Crippen LogP contribution in [0.4, 0.5) is 35.2 Å². The van der Waals surface area contributed by atoms with E-state index in [2.05, 4.69) is 37.6 Å². The van der Waals surface area contributed by atoms with Gasteiger partial charge in [0.1, 0.15) is 17.2 Å². The maximum atomic E-state index is 13.4. The highest BCUT2D eigenvalue weighted by molar-refractivity contribution is 5.93. The number of hydrogen-bond donors (Lipinski definition) is 3. The first kappa shape index (κ1) is 29.7. The third-order valence-corrected chi connectivity index (χ3v) is 7.96. The smallest absolute Gasteiger partial charge is 0.416 e. The lowest BCUT2D eigenvalue weighted by molar-refractivity contribution is -0.137. The van der Waals surface area contributed by atoms with Gasteiger partial charge >= 0.3 is 12.3 Å². The Morgan fingerprint density at radius 1 is 1.07 bits per heavy atom. The van der Waals surface area contributed by atoms with Crippen LogP contribution in [0.3, 0.4) is 0 Å². The van der Waals surface area contributed by atoms with Crippen molar-refractivity contribution in [2.45, 2.75) is 96.6 Å². The van der Waals surface area contributed by atoms with Crippen LogP contribution in [0.5, 0.6) is 0 Å². The number of aromatic nitrogens is 2. The van der Waals surface area contributed by atoms with Gasteiger partial charge < -0.3 is 26.0 Å². The maximum Gasteiger partial charge on any atom is 0.416 e. The number of halogens is 3. The molecule has 1 aliphatic carbocycles. The number of nitrogens with one attached hydrogen (secondary N) is 2. The van der Waals surface area contributed by atoms with E-state index in [0.717, 1.165) is 67.4 Å². The fourth-order valence-electron chi connectivity index (χ4n) is 6.03. The van der Waals surface area contributed by atoms with E-state index in [9.17, 15) is 18.0 Å². The van der Waals surface area contributed by atoms with Crippen LogP contribution in [-0.2, 0) is 17.3 Å². The van der Waals surface area contributed by atoms with Gasteiger partial charge in [-0.2, -0.15) is 13.2 Å². The first-order chi connectivity index (χ1) is 19.7. The Balaban J connectivity index is 1.35. The molecule has 1 atom stereocenters. The van der Waals surface area contributed by atoms with Crippen LogP contribution in [-0.4, -0.2) is 40.3 Å². The second-order valence-corrected chi connectivity index (χ2v) is 12.5. The van der Waals surface area contributed by atoms with Gasteiger partial charge in [-0.05, 0) is 108 Å². The average molecular weight is 585 g/mol. The van der Waals surface area contributed by atoms with Gasteiger partial charge in [0.15, 0.2) is 0 Å². The largest absolute Gasteiger partial charge is 0.444 e. The Hall–Kier alpha value is -3.76. The van der Waals surface area contributed by atoms with Crippen molar-refractivity contribution in [1.29, 1.82) is 0 Å². The second-order valence-electron chi connectivity index (χ2n) is 12.5. The lowest BCUT2D eigenvalue weighted by Gasteiger charge is -2.36. The zero-order valence-corrected chi connectivity index (χ0v) is 24.7. The zero-order chi connectivity index (χ0) is 30.4. The summed E-state index contributed by atoms with van der Waals surface area (Å²) in [7, 11) is 0. The van der Waals surface area contributed by atoms with Crippen molar-refractivity contribution < 1.29 is 22.7 Å². The van der Waals surface area contributed by atoms with Gasteiger partial charge in [-0.25, -0.2) is 14.8 Å². The fraction of sp³-hybridized carbons (Fsp3) is 0.516. The number of nitrogen functional groups attached to an aromatic ring is 1. The molecule has 11 heteroatoms. The molecule has 0 saturated heterocycles. The monoisotopic (exact) mass is 584 g/mol. The van der Waals surface area contributed by atoms with Crippen LogP contribution in [0.15, 0.2) is 30.3 Å². The Kier molecular flexibility index (Phi) is 7.89. The normalized spacial score (nSPS) is 19.9. The molecular formula is C31H39F3N6O2. The van der Waals surface area contributed by atoms with Crippen molar-refractivity contribution >= 4 is 34.2 Å². The lowest BCUT2D eigenvalue weighted by Crippen LogP contribution is -2.45. The highest BCUT2D eigenvalue weighted by Crippen LogP contribution is 2.39. The number of nitrogens with two attached hydrogens (primary N) is 1. The average Bonchev–Trinajstić information content (AvgIpc) is 3.28. The molecule has 0 unspecified atom stereocenters. The van der Waals surface area contributed by atoms with E-state index in [1.54, 1.807) is 19.9 Å². The lowest BCUT2D eigenvalue weighted by atomic mass is 9.90. The Morgan fingerprint density at radius 3 is 2.45 bits per heavy atom. The molecule has 1 aliphatic heterocycles. The van der Waals surface area contributed by atoms with E-state index in [1.807, 2.05) is 20.8 Å². The zero-order valence-electron chi connectivity index (χ0n) is 24.7. The summed E-state index contributed by atoms with van der Waals surface area (Å²) in [6, 6.07) is 7.78. The number of hydrogen-bond acceptors (Lipinski definition) is 7. The fourth-order valence-corrected chi connectivity index (χ4v) is 6.03. The number of benzene rings is 2.